The van der Waals surface area contributed by atoms with Crippen molar-refractivity contribution >= 4 is 9.84 Å². The normalized spacial score (nSPS) is 24.4. The molecule has 1 aliphatic heterocycles. The Balaban J connectivity index is 1.17. The lowest BCUT2D eigenvalue weighted by atomic mass is 9.52. The summed E-state index contributed by atoms with van der Waals surface area (Å²) in [6.07, 6.45) is 16.0. The number of likely N-dealkylation sites (tertiary alicyclic amines) is 1. The number of rotatable bonds is 8. The van der Waals surface area contributed by atoms with E-state index in [4.69, 9.17) is 4.74 Å². The monoisotopic (exact) mass is 509 g/mol. The van der Waals surface area contributed by atoms with Gasteiger partial charge in [0.05, 0.1) is 11.5 Å². The predicted octanol–water partition coefficient (Wildman–Crippen LogP) is 6.43. The highest BCUT2D eigenvalue weighted by molar-refractivity contribution is 7.90. The number of hydrogen-bond donors (Lipinski definition) is 0. The van der Waals surface area contributed by atoms with Gasteiger partial charge in [0.1, 0.15) is 5.75 Å². The summed E-state index contributed by atoms with van der Waals surface area (Å²) in [5.74, 6) is 2.42. The minimum Gasteiger partial charge on any atom is -0.494 e. The highest BCUT2D eigenvalue weighted by Crippen LogP contribution is 2.54. The lowest BCUT2D eigenvalue weighted by molar-refractivity contribution is 0.0540. The SMILES string of the molecule is CS(=O)(=O)c1ccc(OCCCN2CCC(C3(C4CCCCC4)CCCc4ccccc43)CC2)cc1. The molecule has 1 atom stereocenters. The maximum absolute atomic E-state index is 11.6. The van der Waals surface area contributed by atoms with Crippen molar-refractivity contribution in [2.75, 3.05) is 32.5 Å². The molecule has 36 heavy (non-hydrogen) atoms. The molecule has 2 aromatic rings. The average Bonchev–Trinajstić information content (AvgIpc) is 2.91. The van der Waals surface area contributed by atoms with Crippen molar-refractivity contribution in [2.24, 2.45) is 11.8 Å². The van der Waals surface area contributed by atoms with E-state index < -0.39 is 9.84 Å². The van der Waals surface area contributed by atoms with E-state index in [1.54, 1.807) is 35.4 Å². The van der Waals surface area contributed by atoms with Crippen LogP contribution in [0.25, 0.3) is 0 Å². The standard InChI is InChI=1S/C31H43NO3S/c1-36(33,34)29-16-14-28(15-17-29)35-24-8-21-32-22-18-27(19-23-32)31(26-11-3-2-4-12-26)20-7-10-25-9-5-6-13-30(25)31/h5-6,9,13-17,26-27H,2-4,7-8,10-12,18-24H2,1H3. The van der Waals surface area contributed by atoms with Gasteiger partial charge in [-0.3, -0.25) is 0 Å². The van der Waals surface area contributed by atoms with Crippen LogP contribution in [0.2, 0.25) is 0 Å². The summed E-state index contributed by atoms with van der Waals surface area (Å²) in [5.41, 5.74) is 3.76. The molecule has 0 radical (unpaired) electrons. The zero-order chi connectivity index (χ0) is 25.0. The molecule has 196 valence electrons. The summed E-state index contributed by atoms with van der Waals surface area (Å²) in [6.45, 7) is 4.13. The number of benzene rings is 2. The van der Waals surface area contributed by atoms with E-state index in [9.17, 15) is 8.42 Å². The molecule has 2 aliphatic carbocycles. The van der Waals surface area contributed by atoms with Gasteiger partial charge in [-0.1, -0.05) is 43.5 Å². The van der Waals surface area contributed by atoms with Gasteiger partial charge in [-0.05, 0) is 112 Å². The second kappa shape index (κ2) is 11.3. The molecule has 1 saturated heterocycles. The highest BCUT2D eigenvalue weighted by atomic mass is 32.2. The largest absolute Gasteiger partial charge is 0.494 e. The van der Waals surface area contributed by atoms with E-state index in [0.29, 0.717) is 16.9 Å². The Morgan fingerprint density at radius 2 is 1.58 bits per heavy atom. The molecule has 2 fully saturated rings. The fourth-order valence-electron chi connectivity index (χ4n) is 7.63. The fourth-order valence-corrected chi connectivity index (χ4v) is 8.26. The highest BCUT2D eigenvalue weighted by Gasteiger charge is 2.49. The summed E-state index contributed by atoms with van der Waals surface area (Å²) in [6, 6.07) is 16.2. The summed E-state index contributed by atoms with van der Waals surface area (Å²) in [4.78, 5) is 2.97. The summed E-state index contributed by atoms with van der Waals surface area (Å²) >= 11 is 0. The molecule has 1 saturated carbocycles. The first-order valence-corrected chi connectivity index (χ1v) is 16.1. The minimum absolute atomic E-state index is 0.337. The zero-order valence-electron chi connectivity index (χ0n) is 22.0. The van der Waals surface area contributed by atoms with Crippen LogP contribution in [0.3, 0.4) is 0 Å². The van der Waals surface area contributed by atoms with Crippen LogP contribution in [0.5, 0.6) is 5.75 Å². The fraction of sp³-hybridized carbons (Fsp3) is 0.613. The van der Waals surface area contributed by atoms with Crippen LogP contribution < -0.4 is 4.74 Å². The van der Waals surface area contributed by atoms with Crippen LogP contribution in [0.1, 0.15) is 75.3 Å². The van der Waals surface area contributed by atoms with Crippen LogP contribution in [-0.4, -0.2) is 45.8 Å². The molecule has 3 aliphatic rings. The maximum atomic E-state index is 11.6. The molecule has 0 bridgehead atoms. The lowest BCUT2D eigenvalue weighted by Gasteiger charge is -2.53. The second-order valence-corrected chi connectivity index (χ2v) is 13.5. The topological polar surface area (TPSA) is 46.6 Å². The zero-order valence-corrected chi connectivity index (χ0v) is 22.8. The Morgan fingerprint density at radius 1 is 0.889 bits per heavy atom. The summed E-state index contributed by atoms with van der Waals surface area (Å²) in [7, 11) is -3.16. The molecule has 4 nitrogen and oxygen atoms in total. The number of aryl methyl sites for hydroxylation is 1. The Morgan fingerprint density at radius 3 is 2.31 bits per heavy atom. The summed E-state index contributed by atoms with van der Waals surface area (Å²) < 4.78 is 29.1. The van der Waals surface area contributed by atoms with Gasteiger partial charge in [0, 0.05) is 18.2 Å². The van der Waals surface area contributed by atoms with Crippen LogP contribution in [0.15, 0.2) is 53.4 Å². The minimum atomic E-state index is -3.16. The van der Waals surface area contributed by atoms with Crippen molar-refractivity contribution in [1.29, 1.82) is 0 Å². The van der Waals surface area contributed by atoms with Crippen molar-refractivity contribution in [3.8, 4) is 5.75 Å². The van der Waals surface area contributed by atoms with Crippen LogP contribution in [0.4, 0.5) is 0 Å². The smallest absolute Gasteiger partial charge is 0.175 e. The molecule has 0 spiro atoms. The second-order valence-electron chi connectivity index (χ2n) is 11.4. The van der Waals surface area contributed by atoms with E-state index >= 15 is 0 Å². The van der Waals surface area contributed by atoms with Gasteiger partial charge in [0.25, 0.3) is 0 Å². The first kappa shape index (κ1) is 25.8. The number of fused-ring (bicyclic) bond motifs is 1. The molecular formula is C31H43NO3S. The van der Waals surface area contributed by atoms with Crippen LogP contribution in [0, 0.1) is 11.8 Å². The van der Waals surface area contributed by atoms with Gasteiger partial charge in [-0.15, -0.1) is 0 Å². The Hall–Kier alpha value is -1.85. The molecule has 0 amide bonds. The first-order chi connectivity index (χ1) is 17.5. The number of hydrogen-bond acceptors (Lipinski definition) is 4. The average molecular weight is 510 g/mol. The van der Waals surface area contributed by atoms with Crippen molar-refractivity contribution in [2.45, 2.75) is 80.9 Å². The van der Waals surface area contributed by atoms with E-state index in [2.05, 4.69) is 29.2 Å². The molecular weight excluding hydrogens is 466 g/mol. The number of nitrogens with zero attached hydrogens (tertiary/aromatic N) is 1. The first-order valence-electron chi connectivity index (χ1n) is 14.2. The Labute approximate surface area is 218 Å². The lowest BCUT2D eigenvalue weighted by Crippen LogP contribution is -2.50. The van der Waals surface area contributed by atoms with Crippen molar-refractivity contribution in [3.05, 3.63) is 59.7 Å². The van der Waals surface area contributed by atoms with E-state index in [-0.39, 0.29) is 0 Å². The molecule has 1 unspecified atom stereocenters. The van der Waals surface area contributed by atoms with Gasteiger partial charge in [0.15, 0.2) is 9.84 Å². The van der Waals surface area contributed by atoms with E-state index in [1.165, 1.54) is 83.6 Å². The number of piperidine rings is 1. The van der Waals surface area contributed by atoms with Gasteiger partial charge in [0.2, 0.25) is 0 Å². The van der Waals surface area contributed by atoms with E-state index in [0.717, 1.165) is 30.6 Å². The Bertz CT molecular complexity index is 1100. The Kier molecular flexibility index (Phi) is 8.07. The third-order valence-electron chi connectivity index (χ3n) is 9.34. The van der Waals surface area contributed by atoms with Crippen LogP contribution in [-0.2, 0) is 21.7 Å². The van der Waals surface area contributed by atoms with E-state index in [1.807, 2.05) is 0 Å². The molecule has 5 heteroatoms. The quantitative estimate of drug-likeness (QED) is 0.385. The van der Waals surface area contributed by atoms with Gasteiger partial charge >= 0.3 is 0 Å². The van der Waals surface area contributed by atoms with Gasteiger partial charge in [-0.25, -0.2) is 8.42 Å². The molecule has 0 N–H and O–H groups in total. The maximum Gasteiger partial charge on any atom is 0.175 e. The van der Waals surface area contributed by atoms with Crippen molar-refractivity contribution < 1.29 is 13.2 Å². The van der Waals surface area contributed by atoms with Crippen molar-refractivity contribution in [1.82, 2.24) is 4.90 Å². The van der Waals surface area contributed by atoms with Gasteiger partial charge < -0.3 is 9.64 Å². The van der Waals surface area contributed by atoms with Crippen LogP contribution >= 0.6 is 0 Å². The number of sulfone groups is 1. The number of ether oxygens (including phenoxy) is 1. The molecule has 1 heterocycles. The third-order valence-corrected chi connectivity index (χ3v) is 10.5. The molecule has 5 rings (SSSR count). The molecule has 0 aromatic heterocycles. The predicted molar refractivity (Wildman–Crippen MR) is 146 cm³/mol. The summed E-state index contributed by atoms with van der Waals surface area (Å²) in [5, 5.41) is 0. The third kappa shape index (κ3) is 5.52. The van der Waals surface area contributed by atoms with Crippen molar-refractivity contribution in [3.63, 3.8) is 0 Å². The van der Waals surface area contributed by atoms with Gasteiger partial charge in [-0.2, -0.15) is 0 Å². The molecule has 2 aromatic carbocycles.